The normalized spacial score (nSPS) is 17.5. The van der Waals surface area contributed by atoms with Crippen molar-refractivity contribution in [3.8, 4) is 0 Å². The van der Waals surface area contributed by atoms with Crippen LogP contribution in [0.1, 0.15) is 33.6 Å². The van der Waals surface area contributed by atoms with Gasteiger partial charge in [0.25, 0.3) is 0 Å². The molecule has 1 aliphatic rings. The van der Waals surface area contributed by atoms with E-state index in [0.717, 1.165) is 12.8 Å². The van der Waals surface area contributed by atoms with Gasteiger partial charge in [0, 0.05) is 33.3 Å². The molecule has 0 aromatic carbocycles. The number of amides is 1. The number of nitrogens with one attached hydrogen (secondary N) is 1. The Hall–Kier alpha value is -1.50. The van der Waals surface area contributed by atoms with Crippen molar-refractivity contribution in [1.82, 2.24) is 10.2 Å². The van der Waals surface area contributed by atoms with Crippen molar-refractivity contribution < 1.29 is 14.3 Å². The van der Waals surface area contributed by atoms with E-state index in [1.165, 1.54) is 0 Å². The van der Waals surface area contributed by atoms with Gasteiger partial charge in [-0.25, -0.2) is 4.79 Å². The largest absolute Gasteiger partial charge is 0.444 e. The van der Waals surface area contributed by atoms with Crippen molar-refractivity contribution in [3.63, 3.8) is 0 Å². The van der Waals surface area contributed by atoms with Crippen molar-refractivity contribution in [2.24, 2.45) is 16.6 Å². The molecule has 0 saturated carbocycles. The molecule has 0 atom stereocenters. The van der Waals surface area contributed by atoms with E-state index >= 15 is 0 Å². The standard InChI is InChI=1S/C15H30N4O3/c1-15(2,3)22-14(20)19-8-5-12(6-9-19)11-18-13(16)17-7-10-21-4/h12H,5-11H2,1-4H3,(H3,16,17,18). The average molecular weight is 314 g/mol. The van der Waals surface area contributed by atoms with Crippen LogP contribution in [0.2, 0.25) is 0 Å². The second kappa shape index (κ2) is 8.82. The predicted molar refractivity (Wildman–Crippen MR) is 86.9 cm³/mol. The SMILES string of the molecule is COCCNC(N)=NCC1CCN(C(=O)OC(C)(C)C)CC1. The Kier molecular flexibility index (Phi) is 7.44. The molecule has 1 saturated heterocycles. The minimum absolute atomic E-state index is 0.227. The Balaban J connectivity index is 2.27. The summed E-state index contributed by atoms with van der Waals surface area (Å²) < 4.78 is 10.3. The lowest BCUT2D eigenvalue weighted by Crippen LogP contribution is -2.42. The maximum Gasteiger partial charge on any atom is 0.410 e. The molecule has 0 bridgehead atoms. The van der Waals surface area contributed by atoms with Gasteiger partial charge in [0.05, 0.1) is 6.61 Å². The molecule has 3 N–H and O–H groups in total. The maximum atomic E-state index is 12.0. The molecule has 0 unspecified atom stereocenters. The molecule has 1 rings (SSSR count). The monoisotopic (exact) mass is 314 g/mol. The topological polar surface area (TPSA) is 89.2 Å². The quantitative estimate of drug-likeness (QED) is 0.452. The Morgan fingerprint density at radius 3 is 2.55 bits per heavy atom. The van der Waals surface area contributed by atoms with Crippen LogP contribution in [0.3, 0.4) is 0 Å². The first-order chi connectivity index (χ1) is 10.3. The summed E-state index contributed by atoms with van der Waals surface area (Å²) in [5.74, 6) is 0.910. The highest BCUT2D eigenvalue weighted by atomic mass is 16.6. The molecule has 128 valence electrons. The lowest BCUT2D eigenvalue weighted by Gasteiger charge is -2.33. The highest BCUT2D eigenvalue weighted by Crippen LogP contribution is 2.19. The van der Waals surface area contributed by atoms with Crippen LogP contribution in [-0.2, 0) is 9.47 Å². The van der Waals surface area contributed by atoms with Crippen molar-refractivity contribution in [2.45, 2.75) is 39.2 Å². The molecule has 7 heteroatoms. The minimum atomic E-state index is -0.444. The van der Waals surface area contributed by atoms with Crippen LogP contribution in [-0.4, -0.2) is 62.4 Å². The summed E-state index contributed by atoms with van der Waals surface area (Å²) in [6.45, 7) is 9.02. The molecule has 0 spiro atoms. The molecule has 0 aliphatic carbocycles. The van der Waals surface area contributed by atoms with Gasteiger partial charge in [-0.15, -0.1) is 0 Å². The van der Waals surface area contributed by atoms with Crippen LogP contribution in [0, 0.1) is 5.92 Å². The smallest absolute Gasteiger partial charge is 0.410 e. The third-order valence-corrected chi connectivity index (χ3v) is 3.40. The van der Waals surface area contributed by atoms with E-state index in [4.69, 9.17) is 15.2 Å². The van der Waals surface area contributed by atoms with Crippen LogP contribution in [0.4, 0.5) is 4.79 Å². The molecule has 0 aromatic heterocycles. The minimum Gasteiger partial charge on any atom is -0.444 e. The van der Waals surface area contributed by atoms with E-state index in [2.05, 4.69) is 10.3 Å². The Morgan fingerprint density at radius 2 is 2.00 bits per heavy atom. The number of carbonyl (C=O) groups excluding carboxylic acids is 1. The van der Waals surface area contributed by atoms with E-state index in [1.54, 1.807) is 12.0 Å². The van der Waals surface area contributed by atoms with Gasteiger partial charge in [-0.2, -0.15) is 0 Å². The number of nitrogens with zero attached hydrogens (tertiary/aromatic N) is 2. The second-order valence-electron chi connectivity index (χ2n) is 6.56. The van der Waals surface area contributed by atoms with Gasteiger partial charge in [-0.1, -0.05) is 0 Å². The fraction of sp³-hybridized carbons (Fsp3) is 0.867. The maximum absolute atomic E-state index is 12.0. The van der Waals surface area contributed by atoms with Gasteiger partial charge in [-0.3, -0.25) is 4.99 Å². The van der Waals surface area contributed by atoms with Gasteiger partial charge in [-0.05, 0) is 39.5 Å². The molecule has 22 heavy (non-hydrogen) atoms. The van der Waals surface area contributed by atoms with Crippen molar-refractivity contribution >= 4 is 12.1 Å². The fourth-order valence-corrected chi connectivity index (χ4v) is 2.19. The first-order valence-electron chi connectivity index (χ1n) is 7.82. The van der Waals surface area contributed by atoms with Gasteiger partial charge in [0.15, 0.2) is 5.96 Å². The Morgan fingerprint density at radius 1 is 1.36 bits per heavy atom. The second-order valence-corrected chi connectivity index (χ2v) is 6.56. The van der Waals surface area contributed by atoms with E-state index in [1.807, 2.05) is 20.8 Å². The Bertz CT molecular complexity index is 371. The number of aliphatic imine (C=N–C) groups is 1. The number of hydrogen-bond acceptors (Lipinski definition) is 4. The predicted octanol–water partition coefficient (Wildman–Crippen LogP) is 1.18. The summed E-state index contributed by atoms with van der Waals surface area (Å²) in [6.07, 6.45) is 1.62. The highest BCUT2D eigenvalue weighted by Gasteiger charge is 2.26. The molecular weight excluding hydrogens is 284 g/mol. The van der Waals surface area contributed by atoms with E-state index in [0.29, 0.717) is 44.7 Å². The number of methoxy groups -OCH3 is 1. The number of ether oxygens (including phenoxy) is 2. The van der Waals surface area contributed by atoms with Crippen molar-refractivity contribution in [3.05, 3.63) is 0 Å². The van der Waals surface area contributed by atoms with E-state index in [9.17, 15) is 4.79 Å². The first-order valence-corrected chi connectivity index (χ1v) is 7.82. The zero-order valence-electron chi connectivity index (χ0n) is 14.2. The number of piperidine rings is 1. The third-order valence-electron chi connectivity index (χ3n) is 3.40. The fourth-order valence-electron chi connectivity index (χ4n) is 2.19. The molecule has 1 fully saturated rings. The number of likely N-dealkylation sites (tertiary alicyclic amines) is 1. The molecule has 1 amide bonds. The van der Waals surface area contributed by atoms with E-state index < -0.39 is 5.60 Å². The molecule has 0 aromatic rings. The van der Waals surface area contributed by atoms with Gasteiger partial charge in [0.1, 0.15) is 5.60 Å². The first kappa shape index (κ1) is 18.5. The van der Waals surface area contributed by atoms with Crippen LogP contribution in [0.25, 0.3) is 0 Å². The van der Waals surface area contributed by atoms with Gasteiger partial charge >= 0.3 is 6.09 Å². The summed E-state index contributed by atoms with van der Waals surface area (Å²) in [4.78, 5) is 18.1. The third kappa shape index (κ3) is 7.49. The summed E-state index contributed by atoms with van der Waals surface area (Å²) in [7, 11) is 1.65. The van der Waals surface area contributed by atoms with Crippen molar-refractivity contribution in [2.75, 3.05) is 39.9 Å². The summed E-state index contributed by atoms with van der Waals surface area (Å²) in [6, 6.07) is 0. The van der Waals surface area contributed by atoms with E-state index in [-0.39, 0.29) is 6.09 Å². The molecule has 1 heterocycles. The lowest BCUT2D eigenvalue weighted by molar-refractivity contribution is 0.0187. The van der Waals surface area contributed by atoms with Crippen LogP contribution in [0.5, 0.6) is 0 Å². The molecule has 1 aliphatic heterocycles. The van der Waals surface area contributed by atoms with Crippen LogP contribution >= 0.6 is 0 Å². The summed E-state index contributed by atoms with van der Waals surface area (Å²) in [5, 5.41) is 2.99. The van der Waals surface area contributed by atoms with Crippen molar-refractivity contribution in [1.29, 1.82) is 0 Å². The van der Waals surface area contributed by atoms with Gasteiger partial charge < -0.3 is 25.4 Å². The number of guanidine groups is 1. The van der Waals surface area contributed by atoms with Gasteiger partial charge in [0.2, 0.25) is 0 Å². The zero-order valence-corrected chi connectivity index (χ0v) is 14.2. The molecule has 0 radical (unpaired) electrons. The summed E-state index contributed by atoms with van der Waals surface area (Å²) in [5.41, 5.74) is 5.33. The number of carbonyl (C=O) groups is 1. The van der Waals surface area contributed by atoms with Crippen LogP contribution in [0.15, 0.2) is 4.99 Å². The molecule has 7 nitrogen and oxygen atoms in total. The number of nitrogens with two attached hydrogens (primary N) is 1. The lowest BCUT2D eigenvalue weighted by atomic mass is 9.97. The average Bonchev–Trinajstić information content (AvgIpc) is 2.44. The molecular formula is C15H30N4O3. The number of hydrogen-bond donors (Lipinski definition) is 2. The summed E-state index contributed by atoms with van der Waals surface area (Å²) >= 11 is 0. The number of rotatable bonds is 5. The Labute approximate surface area is 133 Å². The van der Waals surface area contributed by atoms with Crippen LogP contribution < -0.4 is 11.1 Å². The zero-order chi connectivity index (χ0) is 16.6. The highest BCUT2D eigenvalue weighted by molar-refractivity contribution is 5.77.